The number of carbonyl (C=O) groups is 1. The van der Waals surface area contributed by atoms with Gasteiger partial charge in [0.25, 0.3) is 0 Å². The van der Waals surface area contributed by atoms with Gasteiger partial charge in [0, 0.05) is 32.6 Å². The van der Waals surface area contributed by atoms with E-state index in [9.17, 15) is 4.79 Å². The molecule has 2 aromatic carbocycles. The molecule has 146 valence electrons. The highest BCUT2D eigenvalue weighted by Gasteiger charge is 2.39. The highest BCUT2D eigenvalue weighted by Crippen LogP contribution is 2.26. The second-order valence-electron chi connectivity index (χ2n) is 7.24. The van der Waals surface area contributed by atoms with Crippen LogP contribution in [0.25, 0.3) is 0 Å². The predicted octanol–water partition coefficient (Wildman–Crippen LogP) is 3.85. The number of amides is 1. The summed E-state index contributed by atoms with van der Waals surface area (Å²) in [5.74, 6) is 0. The molecular weight excluding hydrogens is 370 g/mol. The smallest absolute Gasteiger partial charge is 0.411 e. The molecule has 6 heteroatoms. The van der Waals surface area contributed by atoms with Gasteiger partial charge in [-0.25, -0.2) is 4.79 Å². The van der Waals surface area contributed by atoms with Crippen LogP contribution in [0.15, 0.2) is 60.7 Å². The molecular formula is C22H25N3O2S. The quantitative estimate of drug-likeness (QED) is 0.735. The molecule has 0 spiro atoms. The number of rotatable bonds is 4. The summed E-state index contributed by atoms with van der Waals surface area (Å²) >= 11 is 5.78. The van der Waals surface area contributed by atoms with Crippen LogP contribution >= 0.6 is 12.2 Å². The third-order valence-corrected chi connectivity index (χ3v) is 5.84. The first-order valence-corrected chi connectivity index (χ1v) is 10.2. The van der Waals surface area contributed by atoms with Crippen LogP contribution in [0, 0.1) is 0 Å². The summed E-state index contributed by atoms with van der Waals surface area (Å²) in [6, 6.07) is 20.2. The van der Waals surface area contributed by atoms with Crippen molar-refractivity contribution in [3.8, 4) is 0 Å². The Bertz CT molecular complexity index is 809. The number of ether oxygens (including phenoxy) is 1. The third-order valence-electron chi connectivity index (χ3n) is 5.35. The van der Waals surface area contributed by atoms with Gasteiger partial charge in [-0.2, -0.15) is 0 Å². The molecule has 1 unspecified atom stereocenters. The molecule has 5 nitrogen and oxygen atoms in total. The van der Waals surface area contributed by atoms with Gasteiger partial charge in [-0.15, -0.1) is 0 Å². The molecule has 28 heavy (non-hydrogen) atoms. The van der Waals surface area contributed by atoms with E-state index in [1.54, 1.807) is 0 Å². The van der Waals surface area contributed by atoms with E-state index in [2.05, 4.69) is 34.1 Å². The zero-order valence-corrected chi connectivity index (χ0v) is 16.7. The van der Waals surface area contributed by atoms with E-state index in [0.717, 1.165) is 49.7 Å². The fraction of sp³-hybridized carbons (Fsp3) is 0.364. The number of carbonyl (C=O) groups excluding carboxylic acids is 1. The van der Waals surface area contributed by atoms with Crippen molar-refractivity contribution in [3.05, 3.63) is 71.8 Å². The molecule has 2 aliphatic rings. The maximum absolute atomic E-state index is 12.7. The Labute approximate surface area is 171 Å². The molecule has 2 fully saturated rings. The predicted molar refractivity (Wildman–Crippen MR) is 113 cm³/mol. The summed E-state index contributed by atoms with van der Waals surface area (Å²) in [5, 5.41) is 0.834. The van der Waals surface area contributed by atoms with Crippen molar-refractivity contribution in [1.82, 2.24) is 14.7 Å². The van der Waals surface area contributed by atoms with Crippen molar-refractivity contribution in [2.45, 2.75) is 32.2 Å². The van der Waals surface area contributed by atoms with E-state index in [0.29, 0.717) is 6.61 Å². The second-order valence-corrected chi connectivity index (χ2v) is 7.60. The molecule has 1 atom stereocenters. The number of nitrogens with zero attached hydrogens (tertiary/aromatic N) is 3. The maximum Gasteiger partial charge on any atom is 0.411 e. The zero-order valence-electron chi connectivity index (χ0n) is 15.9. The monoisotopic (exact) mass is 395 g/mol. The molecule has 2 aliphatic heterocycles. The van der Waals surface area contributed by atoms with Crippen molar-refractivity contribution in [2.24, 2.45) is 0 Å². The van der Waals surface area contributed by atoms with E-state index in [4.69, 9.17) is 17.0 Å². The second kappa shape index (κ2) is 8.61. The van der Waals surface area contributed by atoms with Gasteiger partial charge in [0.1, 0.15) is 12.8 Å². The number of hydrogen-bond acceptors (Lipinski definition) is 3. The molecule has 0 radical (unpaired) electrons. The number of fused-ring (bicyclic) bond motifs is 1. The van der Waals surface area contributed by atoms with Crippen LogP contribution in [0.4, 0.5) is 4.79 Å². The molecule has 1 amide bonds. The van der Waals surface area contributed by atoms with Crippen molar-refractivity contribution < 1.29 is 9.53 Å². The van der Waals surface area contributed by atoms with Gasteiger partial charge in [0.15, 0.2) is 5.11 Å². The van der Waals surface area contributed by atoms with Gasteiger partial charge in [0.2, 0.25) is 0 Å². The molecule has 0 aromatic heterocycles. The first kappa shape index (κ1) is 18.7. The lowest BCUT2D eigenvalue weighted by atomic mass is 10.1. The number of benzene rings is 2. The summed E-state index contributed by atoms with van der Waals surface area (Å²) in [6.45, 7) is 3.56. The van der Waals surface area contributed by atoms with Crippen LogP contribution in [0.5, 0.6) is 0 Å². The van der Waals surface area contributed by atoms with Crippen LogP contribution in [0.2, 0.25) is 0 Å². The molecule has 2 aromatic rings. The maximum atomic E-state index is 12.7. The SMILES string of the molecule is O=C(OCc1ccccc1)N1CCCN2C(=S)N(Cc3ccccc3)CCC12. The van der Waals surface area contributed by atoms with Crippen molar-refractivity contribution >= 4 is 23.4 Å². The average Bonchev–Trinajstić information content (AvgIpc) is 2.75. The fourth-order valence-electron chi connectivity index (χ4n) is 3.93. The molecule has 4 rings (SSSR count). The van der Waals surface area contributed by atoms with Gasteiger partial charge in [0.05, 0.1) is 0 Å². The Hall–Kier alpha value is -2.60. The van der Waals surface area contributed by atoms with Gasteiger partial charge in [-0.3, -0.25) is 4.90 Å². The van der Waals surface area contributed by atoms with Crippen LogP contribution in [-0.4, -0.2) is 51.7 Å². The van der Waals surface area contributed by atoms with E-state index in [1.807, 2.05) is 41.3 Å². The summed E-state index contributed by atoms with van der Waals surface area (Å²) in [6.07, 6.45) is 1.51. The fourth-order valence-corrected chi connectivity index (χ4v) is 4.30. The minimum Gasteiger partial charge on any atom is -0.444 e. The van der Waals surface area contributed by atoms with Crippen LogP contribution in [0.3, 0.4) is 0 Å². The first-order chi connectivity index (χ1) is 13.7. The number of hydrogen-bond donors (Lipinski definition) is 0. The summed E-state index contributed by atoms with van der Waals surface area (Å²) in [7, 11) is 0. The van der Waals surface area contributed by atoms with Gasteiger partial charge in [-0.1, -0.05) is 60.7 Å². The van der Waals surface area contributed by atoms with Crippen molar-refractivity contribution in [1.29, 1.82) is 0 Å². The van der Waals surface area contributed by atoms with Crippen LogP contribution in [-0.2, 0) is 17.9 Å². The molecule has 0 bridgehead atoms. The number of thiocarbonyl (C=S) groups is 1. The Morgan fingerprint density at radius 3 is 2.36 bits per heavy atom. The first-order valence-electron chi connectivity index (χ1n) is 9.79. The Kier molecular flexibility index (Phi) is 5.76. The lowest BCUT2D eigenvalue weighted by Gasteiger charge is -2.50. The summed E-state index contributed by atoms with van der Waals surface area (Å²) in [5.41, 5.74) is 2.25. The van der Waals surface area contributed by atoms with Crippen LogP contribution in [0.1, 0.15) is 24.0 Å². The van der Waals surface area contributed by atoms with Crippen molar-refractivity contribution in [3.63, 3.8) is 0 Å². The van der Waals surface area contributed by atoms with Crippen molar-refractivity contribution in [2.75, 3.05) is 19.6 Å². The molecule has 0 N–H and O–H groups in total. The van der Waals surface area contributed by atoms with Gasteiger partial charge >= 0.3 is 6.09 Å². The van der Waals surface area contributed by atoms with E-state index in [1.165, 1.54) is 5.56 Å². The zero-order chi connectivity index (χ0) is 19.3. The molecule has 2 saturated heterocycles. The Morgan fingerprint density at radius 2 is 1.64 bits per heavy atom. The van der Waals surface area contributed by atoms with Crippen LogP contribution < -0.4 is 0 Å². The average molecular weight is 396 g/mol. The highest BCUT2D eigenvalue weighted by atomic mass is 32.1. The summed E-state index contributed by atoms with van der Waals surface area (Å²) < 4.78 is 5.58. The van der Waals surface area contributed by atoms with Gasteiger partial charge < -0.3 is 14.5 Å². The largest absolute Gasteiger partial charge is 0.444 e. The lowest BCUT2D eigenvalue weighted by Crippen LogP contribution is -2.64. The molecule has 2 heterocycles. The van der Waals surface area contributed by atoms with Gasteiger partial charge in [-0.05, 0) is 29.8 Å². The van der Waals surface area contributed by atoms with E-state index in [-0.39, 0.29) is 12.3 Å². The minimum atomic E-state index is -0.252. The topological polar surface area (TPSA) is 36.0 Å². The molecule has 0 saturated carbocycles. The normalized spacial score (nSPS) is 19.4. The summed E-state index contributed by atoms with van der Waals surface area (Å²) in [4.78, 5) is 19.0. The minimum absolute atomic E-state index is 0.00320. The lowest BCUT2D eigenvalue weighted by molar-refractivity contribution is 0.00629. The highest BCUT2D eigenvalue weighted by molar-refractivity contribution is 7.80. The standard InChI is InChI=1S/C22H25N3O2S/c26-22(27-17-19-10-5-2-6-11-19)25-14-7-13-24-20(25)12-15-23(21(24)28)16-18-8-3-1-4-9-18/h1-6,8-11,20H,7,12-17H2. The third kappa shape index (κ3) is 4.12. The Balaban J connectivity index is 1.38. The van der Waals surface area contributed by atoms with E-state index < -0.39 is 0 Å². The Morgan fingerprint density at radius 1 is 0.964 bits per heavy atom. The molecule has 0 aliphatic carbocycles. The van der Waals surface area contributed by atoms with E-state index >= 15 is 0 Å².